The second-order valence-electron chi connectivity index (χ2n) is 3.74. The minimum Gasteiger partial charge on any atom is -1.00 e. The summed E-state index contributed by atoms with van der Waals surface area (Å²) in [6.45, 7) is 10.8. The third-order valence-electron chi connectivity index (χ3n) is 2.58. The van der Waals surface area contributed by atoms with Crippen molar-refractivity contribution in [1.82, 2.24) is 0 Å². The quantitative estimate of drug-likeness (QED) is 0.463. The Morgan fingerprint density at radius 2 is 1.50 bits per heavy atom. The molecule has 0 aromatic rings. The van der Waals surface area contributed by atoms with E-state index in [2.05, 4.69) is 27.8 Å². The van der Waals surface area contributed by atoms with Crippen molar-refractivity contribution in [2.75, 3.05) is 26.7 Å². The van der Waals surface area contributed by atoms with Crippen molar-refractivity contribution in [2.24, 2.45) is 0 Å². The molecule has 0 aromatic carbocycles. The van der Waals surface area contributed by atoms with Crippen LogP contribution in [0, 0.1) is 0 Å². The highest BCUT2D eigenvalue weighted by Gasteiger charge is 2.15. The van der Waals surface area contributed by atoms with E-state index >= 15 is 0 Å². The first kappa shape index (κ1) is 15.2. The average molecular weight is 285 g/mol. The number of halogens is 1. The fourth-order valence-corrected chi connectivity index (χ4v) is 1.51. The number of rotatable bonds is 6. The molecule has 0 aliphatic heterocycles. The summed E-state index contributed by atoms with van der Waals surface area (Å²) in [6, 6.07) is 0. The van der Waals surface area contributed by atoms with Crippen molar-refractivity contribution in [1.29, 1.82) is 0 Å². The minimum atomic E-state index is 0. The molecule has 2 heteroatoms. The zero-order valence-corrected chi connectivity index (χ0v) is 11.2. The first-order chi connectivity index (χ1) is 5.18. The van der Waals surface area contributed by atoms with Gasteiger partial charge in [0.25, 0.3) is 0 Å². The molecule has 0 radical (unpaired) electrons. The SMILES string of the molecule is CCCC[N+](C)(CC)CCC.[I-]. The van der Waals surface area contributed by atoms with Crippen LogP contribution in [0.5, 0.6) is 0 Å². The van der Waals surface area contributed by atoms with Gasteiger partial charge in [0.2, 0.25) is 0 Å². The normalized spacial score (nSPS) is 15.0. The molecule has 0 aliphatic rings. The summed E-state index contributed by atoms with van der Waals surface area (Å²) in [6.07, 6.45) is 4.02. The zero-order chi connectivity index (χ0) is 8.74. The highest BCUT2D eigenvalue weighted by atomic mass is 127. The first-order valence-corrected chi connectivity index (χ1v) is 5.02. The van der Waals surface area contributed by atoms with Gasteiger partial charge in [-0.3, -0.25) is 0 Å². The van der Waals surface area contributed by atoms with E-state index in [-0.39, 0.29) is 24.0 Å². The Morgan fingerprint density at radius 3 is 1.83 bits per heavy atom. The van der Waals surface area contributed by atoms with E-state index in [1.165, 1.54) is 43.4 Å². The van der Waals surface area contributed by atoms with Gasteiger partial charge in [-0.05, 0) is 19.8 Å². The maximum absolute atomic E-state index is 2.37. The topological polar surface area (TPSA) is 0 Å². The average Bonchev–Trinajstić information content (AvgIpc) is 2.02. The molecular weight excluding hydrogens is 261 g/mol. The van der Waals surface area contributed by atoms with E-state index in [1.807, 2.05) is 0 Å². The van der Waals surface area contributed by atoms with Crippen LogP contribution < -0.4 is 24.0 Å². The minimum absolute atomic E-state index is 0. The van der Waals surface area contributed by atoms with Crippen molar-refractivity contribution < 1.29 is 28.5 Å². The lowest BCUT2D eigenvalue weighted by atomic mass is 10.2. The van der Waals surface area contributed by atoms with E-state index in [9.17, 15) is 0 Å². The van der Waals surface area contributed by atoms with Gasteiger partial charge in [0.15, 0.2) is 0 Å². The largest absolute Gasteiger partial charge is 1.00 e. The monoisotopic (exact) mass is 285 g/mol. The van der Waals surface area contributed by atoms with Crippen LogP contribution in [0.15, 0.2) is 0 Å². The standard InChI is InChI=1S/C10H24N.HI/c1-5-8-10-11(4,7-3)9-6-2;/h5-10H2,1-4H3;1H/q+1;/p-1. The molecule has 1 atom stereocenters. The summed E-state index contributed by atoms with van der Waals surface area (Å²) >= 11 is 0. The van der Waals surface area contributed by atoms with Gasteiger partial charge in [-0.25, -0.2) is 0 Å². The second-order valence-corrected chi connectivity index (χ2v) is 3.74. The number of hydrogen-bond acceptors (Lipinski definition) is 0. The lowest BCUT2D eigenvalue weighted by Crippen LogP contribution is -3.00. The van der Waals surface area contributed by atoms with Crippen LogP contribution in [0.2, 0.25) is 0 Å². The van der Waals surface area contributed by atoms with Crippen LogP contribution >= 0.6 is 0 Å². The lowest BCUT2D eigenvalue weighted by molar-refractivity contribution is -0.908. The van der Waals surface area contributed by atoms with Gasteiger partial charge >= 0.3 is 0 Å². The van der Waals surface area contributed by atoms with Gasteiger partial charge in [-0.2, -0.15) is 0 Å². The van der Waals surface area contributed by atoms with Gasteiger partial charge < -0.3 is 28.5 Å². The molecule has 76 valence electrons. The van der Waals surface area contributed by atoms with Gasteiger partial charge in [0.1, 0.15) is 0 Å². The fourth-order valence-electron chi connectivity index (χ4n) is 1.51. The van der Waals surface area contributed by atoms with Gasteiger partial charge in [0, 0.05) is 0 Å². The molecular formula is C10H24IN. The molecule has 0 rings (SSSR count). The predicted octanol–water partition coefficient (Wildman–Crippen LogP) is -0.333. The molecule has 12 heavy (non-hydrogen) atoms. The van der Waals surface area contributed by atoms with Gasteiger partial charge in [0.05, 0.1) is 26.7 Å². The Kier molecular flexibility index (Phi) is 10.5. The van der Waals surface area contributed by atoms with E-state index in [0.29, 0.717) is 0 Å². The van der Waals surface area contributed by atoms with Gasteiger partial charge in [-0.15, -0.1) is 0 Å². The van der Waals surface area contributed by atoms with E-state index < -0.39 is 0 Å². The van der Waals surface area contributed by atoms with Crippen molar-refractivity contribution in [2.45, 2.75) is 40.0 Å². The summed E-state index contributed by atoms with van der Waals surface area (Å²) in [7, 11) is 2.37. The molecule has 0 aliphatic carbocycles. The number of hydrogen-bond donors (Lipinski definition) is 0. The molecule has 0 saturated carbocycles. The number of quaternary nitrogens is 1. The number of nitrogens with zero attached hydrogens (tertiary/aromatic N) is 1. The van der Waals surface area contributed by atoms with Crippen molar-refractivity contribution >= 4 is 0 Å². The van der Waals surface area contributed by atoms with Crippen LogP contribution in [0.4, 0.5) is 0 Å². The molecule has 0 spiro atoms. The number of unbranched alkanes of at least 4 members (excludes halogenated alkanes) is 1. The Labute approximate surface area is 95.1 Å². The fraction of sp³-hybridized carbons (Fsp3) is 1.00. The summed E-state index contributed by atoms with van der Waals surface area (Å²) in [4.78, 5) is 0. The second kappa shape index (κ2) is 8.30. The summed E-state index contributed by atoms with van der Waals surface area (Å²) in [5.74, 6) is 0. The molecule has 0 bridgehead atoms. The third-order valence-corrected chi connectivity index (χ3v) is 2.58. The summed E-state index contributed by atoms with van der Waals surface area (Å²) in [5, 5.41) is 0. The maximum Gasteiger partial charge on any atom is 0.0784 e. The van der Waals surface area contributed by atoms with Crippen molar-refractivity contribution in [3.63, 3.8) is 0 Å². The smallest absolute Gasteiger partial charge is 0.0784 e. The molecule has 1 unspecified atom stereocenters. The molecule has 0 saturated heterocycles. The lowest BCUT2D eigenvalue weighted by Gasteiger charge is -2.33. The van der Waals surface area contributed by atoms with Gasteiger partial charge in [-0.1, -0.05) is 20.3 Å². The van der Waals surface area contributed by atoms with Crippen LogP contribution in [0.1, 0.15) is 40.0 Å². The van der Waals surface area contributed by atoms with Crippen LogP contribution in [0.25, 0.3) is 0 Å². The molecule has 0 amide bonds. The Bertz CT molecular complexity index is 95.8. The van der Waals surface area contributed by atoms with Crippen LogP contribution in [-0.2, 0) is 0 Å². The molecule has 0 N–H and O–H groups in total. The molecule has 1 nitrogen and oxygen atoms in total. The summed E-state index contributed by atoms with van der Waals surface area (Å²) in [5.41, 5.74) is 0. The van der Waals surface area contributed by atoms with Crippen molar-refractivity contribution in [3.8, 4) is 0 Å². The Hall–Kier alpha value is 0.690. The Morgan fingerprint density at radius 1 is 0.917 bits per heavy atom. The molecule has 0 heterocycles. The van der Waals surface area contributed by atoms with Crippen LogP contribution in [0.3, 0.4) is 0 Å². The zero-order valence-electron chi connectivity index (χ0n) is 9.07. The van der Waals surface area contributed by atoms with E-state index in [0.717, 1.165) is 0 Å². The molecule has 0 fully saturated rings. The maximum atomic E-state index is 2.37. The van der Waals surface area contributed by atoms with E-state index in [4.69, 9.17) is 0 Å². The van der Waals surface area contributed by atoms with Crippen molar-refractivity contribution in [3.05, 3.63) is 0 Å². The van der Waals surface area contributed by atoms with Crippen LogP contribution in [-0.4, -0.2) is 31.2 Å². The predicted molar refractivity (Wildman–Crippen MR) is 51.7 cm³/mol. The highest BCUT2D eigenvalue weighted by Crippen LogP contribution is 2.06. The highest BCUT2D eigenvalue weighted by molar-refractivity contribution is 4.37. The third kappa shape index (κ3) is 6.23. The first-order valence-electron chi connectivity index (χ1n) is 5.02. The Balaban J connectivity index is 0. The van der Waals surface area contributed by atoms with E-state index in [1.54, 1.807) is 0 Å². The molecule has 0 aromatic heterocycles. The summed E-state index contributed by atoms with van der Waals surface area (Å²) < 4.78 is 1.27.